The van der Waals surface area contributed by atoms with Gasteiger partial charge in [0.15, 0.2) is 7.05 Å². The summed E-state index contributed by atoms with van der Waals surface area (Å²) in [6, 6.07) is 7.29. The van der Waals surface area contributed by atoms with Crippen LogP contribution in [0.5, 0.6) is 0 Å². The van der Waals surface area contributed by atoms with E-state index in [-0.39, 0.29) is 0 Å². The minimum atomic E-state index is -3.79. The number of hydrogen-bond donors (Lipinski definition) is 1. The normalized spacial score (nSPS) is 18.4. The molecule has 19 heavy (non-hydrogen) atoms. The smallest absolute Gasteiger partial charge is 0.321 e. The molecule has 1 aromatic carbocycles. The zero-order valence-corrected chi connectivity index (χ0v) is 11.6. The van der Waals surface area contributed by atoms with E-state index in [9.17, 15) is 9.46 Å². The second-order valence-corrected chi connectivity index (χ2v) is 6.75. The fourth-order valence-corrected chi connectivity index (χ4v) is 3.37. The first kappa shape index (κ1) is 12.7. The third kappa shape index (κ3) is 2.68. The van der Waals surface area contributed by atoms with E-state index in [2.05, 4.69) is 5.10 Å². The molecule has 0 saturated heterocycles. The van der Waals surface area contributed by atoms with E-state index in [1.54, 1.807) is 24.0 Å². The number of rotatable bonds is 4. The number of fused-ring (bicyclic) bond motifs is 1. The van der Waals surface area contributed by atoms with E-state index >= 15 is 0 Å². The zero-order valence-electron chi connectivity index (χ0n) is 10.7. The number of hydrogen-bond acceptors (Lipinski definition) is 3. The minimum Gasteiger partial charge on any atom is -0.321 e. The summed E-state index contributed by atoms with van der Waals surface area (Å²) in [5.74, 6) is 0.447. The fourth-order valence-electron chi connectivity index (χ4n) is 2.01. The average Bonchev–Trinajstić information content (AvgIpc) is 3.19. The van der Waals surface area contributed by atoms with Crippen LogP contribution in [0.4, 0.5) is 0 Å². The highest BCUT2D eigenvalue weighted by molar-refractivity contribution is 7.61. The molecule has 1 unspecified atom stereocenters. The van der Waals surface area contributed by atoms with Gasteiger partial charge < -0.3 is 9.42 Å². The lowest BCUT2D eigenvalue weighted by molar-refractivity contribution is -0.727. The molecule has 1 atom stereocenters. The van der Waals surface area contributed by atoms with Gasteiger partial charge >= 0.3 is 7.60 Å². The SMILES string of the molecule is C[n+]1cc(P(=O)(O)OCC2CC2)c2ccccc2n1. The number of benzene rings is 1. The zero-order chi connectivity index (χ0) is 13.5. The summed E-state index contributed by atoms with van der Waals surface area (Å²) in [5.41, 5.74) is 0.687. The van der Waals surface area contributed by atoms with E-state index in [0.717, 1.165) is 12.8 Å². The monoisotopic (exact) mass is 279 g/mol. The van der Waals surface area contributed by atoms with Gasteiger partial charge in [-0.2, -0.15) is 0 Å². The van der Waals surface area contributed by atoms with E-state index in [0.29, 0.717) is 28.7 Å². The van der Waals surface area contributed by atoms with Crippen LogP contribution < -0.4 is 9.99 Å². The molecule has 1 aliphatic rings. The van der Waals surface area contributed by atoms with Gasteiger partial charge in [-0.1, -0.05) is 22.9 Å². The third-order valence-corrected chi connectivity index (χ3v) is 4.71. The Hall–Kier alpha value is -1.29. The quantitative estimate of drug-likeness (QED) is 0.677. The largest absolute Gasteiger partial charge is 0.365 e. The van der Waals surface area contributed by atoms with Gasteiger partial charge in [-0.25, -0.2) is 0 Å². The summed E-state index contributed by atoms with van der Waals surface area (Å²) in [7, 11) is -2.06. The maximum Gasteiger partial charge on any atom is 0.365 e. The average molecular weight is 279 g/mol. The molecule has 3 rings (SSSR count). The van der Waals surface area contributed by atoms with Gasteiger partial charge in [0.25, 0.3) is 0 Å². The van der Waals surface area contributed by atoms with E-state index in [1.165, 1.54) is 0 Å². The van der Waals surface area contributed by atoms with E-state index in [1.807, 2.05) is 18.2 Å². The van der Waals surface area contributed by atoms with Gasteiger partial charge in [0, 0.05) is 5.39 Å². The van der Waals surface area contributed by atoms with Crippen LogP contribution in [-0.2, 0) is 16.1 Å². The Bertz CT molecular complexity index is 670. The Morgan fingerprint density at radius 2 is 2.21 bits per heavy atom. The van der Waals surface area contributed by atoms with Gasteiger partial charge in [-0.3, -0.25) is 4.57 Å². The van der Waals surface area contributed by atoms with Gasteiger partial charge in [0.2, 0.25) is 6.20 Å². The van der Waals surface area contributed by atoms with Crippen molar-refractivity contribution in [2.75, 3.05) is 6.61 Å². The van der Waals surface area contributed by atoms with Gasteiger partial charge in [0.05, 0.1) is 6.61 Å². The number of aromatic nitrogens is 2. The van der Waals surface area contributed by atoms with Crippen LogP contribution in [0.15, 0.2) is 30.5 Å². The lowest BCUT2D eigenvalue weighted by Crippen LogP contribution is -2.36. The molecule has 1 heterocycles. The van der Waals surface area contributed by atoms with Gasteiger partial charge in [0.1, 0.15) is 10.8 Å². The molecule has 1 aliphatic carbocycles. The Morgan fingerprint density at radius 3 is 2.95 bits per heavy atom. The maximum absolute atomic E-state index is 12.4. The molecule has 1 saturated carbocycles. The van der Waals surface area contributed by atoms with Crippen molar-refractivity contribution in [2.45, 2.75) is 12.8 Å². The molecule has 5 nitrogen and oxygen atoms in total. The summed E-state index contributed by atoms with van der Waals surface area (Å²) in [6.07, 6.45) is 3.74. The predicted octanol–water partition coefficient (Wildman–Crippen LogP) is 1.30. The van der Waals surface area contributed by atoms with Crippen LogP contribution in [0.2, 0.25) is 0 Å². The third-order valence-electron chi connectivity index (χ3n) is 3.24. The number of nitrogens with zero attached hydrogens (tertiary/aromatic N) is 2. The summed E-state index contributed by atoms with van der Waals surface area (Å²) in [4.78, 5) is 10.2. The molecule has 0 bridgehead atoms. The van der Waals surface area contributed by atoms with Gasteiger partial charge in [-0.15, -0.1) is 0 Å². The molecule has 2 aromatic rings. The van der Waals surface area contributed by atoms with Crippen molar-refractivity contribution in [3.05, 3.63) is 30.5 Å². The first-order valence-electron chi connectivity index (χ1n) is 6.30. The molecule has 0 spiro atoms. The molecule has 1 aromatic heterocycles. The van der Waals surface area contributed by atoms with Gasteiger partial charge in [-0.05, 0) is 29.9 Å². The van der Waals surface area contributed by atoms with Crippen LogP contribution >= 0.6 is 7.60 Å². The van der Waals surface area contributed by atoms with Crippen LogP contribution in [-0.4, -0.2) is 16.6 Å². The Kier molecular flexibility index (Phi) is 3.13. The first-order chi connectivity index (χ1) is 9.06. The molecule has 100 valence electrons. The standard InChI is InChI=1S/C13H15N2O3P/c1-15-8-13(11-4-2-3-5-12(11)14-15)19(16,17)18-9-10-6-7-10/h2-5,8,10H,6-7,9H2,1H3/p+1. The molecule has 0 aliphatic heterocycles. The highest BCUT2D eigenvalue weighted by atomic mass is 31.2. The highest BCUT2D eigenvalue weighted by Crippen LogP contribution is 2.44. The number of aryl methyl sites for hydroxylation is 1. The van der Waals surface area contributed by atoms with Crippen molar-refractivity contribution in [3.8, 4) is 0 Å². The van der Waals surface area contributed by atoms with Crippen LogP contribution in [0.25, 0.3) is 10.9 Å². The molecular formula is C13H16N2O3P+. The van der Waals surface area contributed by atoms with Crippen molar-refractivity contribution in [1.29, 1.82) is 0 Å². The summed E-state index contributed by atoms with van der Waals surface area (Å²) in [6.45, 7) is 0.355. The van der Waals surface area contributed by atoms with Crippen molar-refractivity contribution >= 4 is 23.8 Å². The van der Waals surface area contributed by atoms with Crippen LogP contribution in [0.3, 0.4) is 0 Å². The second-order valence-electron chi connectivity index (χ2n) is 4.96. The predicted molar refractivity (Wildman–Crippen MR) is 71.1 cm³/mol. The lowest BCUT2D eigenvalue weighted by atomic mass is 10.2. The van der Waals surface area contributed by atoms with E-state index in [4.69, 9.17) is 4.52 Å². The molecule has 6 heteroatoms. The highest BCUT2D eigenvalue weighted by Gasteiger charge is 2.32. The summed E-state index contributed by atoms with van der Waals surface area (Å²) in [5, 5.41) is 5.28. The topological polar surface area (TPSA) is 63.3 Å². The van der Waals surface area contributed by atoms with E-state index < -0.39 is 7.60 Å². The molecule has 0 amide bonds. The second kappa shape index (κ2) is 4.67. The molecular weight excluding hydrogens is 263 g/mol. The van der Waals surface area contributed by atoms with Crippen molar-refractivity contribution in [3.63, 3.8) is 0 Å². The molecule has 1 N–H and O–H groups in total. The van der Waals surface area contributed by atoms with Crippen molar-refractivity contribution in [1.82, 2.24) is 5.10 Å². The van der Waals surface area contributed by atoms with Crippen LogP contribution in [0, 0.1) is 5.92 Å². The fraction of sp³-hybridized carbons (Fsp3) is 0.385. The summed E-state index contributed by atoms with van der Waals surface area (Å²) < 4.78 is 19.2. The lowest BCUT2D eigenvalue weighted by Gasteiger charge is -2.12. The first-order valence-corrected chi connectivity index (χ1v) is 7.87. The maximum atomic E-state index is 12.4. The van der Waals surface area contributed by atoms with Crippen molar-refractivity contribution in [2.24, 2.45) is 13.0 Å². The van der Waals surface area contributed by atoms with Crippen LogP contribution in [0.1, 0.15) is 12.8 Å². The Balaban J connectivity index is 2.04. The summed E-state index contributed by atoms with van der Waals surface area (Å²) >= 11 is 0. The van der Waals surface area contributed by atoms with Crippen molar-refractivity contribution < 1.29 is 18.7 Å². The molecule has 0 radical (unpaired) electrons. The Morgan fingerprint density at radius 1 is 1.47 bits per heavy atom. The Labute approximate surface area is 111 Å². The molecule has 1 fully saturated rings. The minimum absolute atomic E-state index is 0.321.